The van der Waals surface area contributed by atoms with Crippen LogP contribution in [0.3, 0.4) is 0 Å². The highest BCUT2D eigenvalue weighted by Gasteiger charge is 2.02. The summed E-state index contributed by atoms with van der Waals surface area (Å²) in [6, 6.07) is 15.9. The summed E-state index contributed by atoms with van der Waals surface area (Å²) in [4.78, 5) is 0. The highest BCUT2D eigenvalue weighted by Crippen LogP contribution is 2.28. The van der Waals surface area contributed by atoms with Crippen LogP contribution in [0.1, 0.15) is 25.3 Å². The zero-order valence-corrected chi connectivity index (χ0v) is 10.2. The largest absolute Gasteiger partial charge is 0.507 e. The number of unbranched alkanes of at least 4 members (excludes halogenated alkanes) is 1. The zero-order valence-electron chi connectivity index (χ0n) is 10.2. The van der Waals surface area contributed by atoms with Gasteiger partial charge in [-0.25, -0.2) is 0 Å². The summed E-state index contributed by atoms with van der Waals surface area (Å²) in [5.74, 6) is 0.341. The highest BCUT2D eigenvalue weighted by atomic mass is 16.3. The van der Waals surface area contributed by atoms with Gasteiger partial charge in [-0.3, -0.25) is 0 Å². The monoisotopic (exact) mass is 226 g/mol. The number of aromatic hydroxyl groups is 1. The predicted molar refractivity (Wildman–Crippen MR) is 72.2 cm³/mol. The van der Waals surface area contributed by atoms with Crippen LogP contribution in [0.15, 0.2) is 48.5 Å². The lowest BCUT2D eigenvalue weighted by Gasteiger charge is -2.06. The molecule has 1 N–H and O–H groups in total. The van der Waals surface area contributed by atoms with Crippen LogP contribution in [-0.4, -0.2) is 5.11 Å². The minimum atomic E-state index is 0.341. The third-order valence-electron chi connectivity index (χ3n) is 2.99. The number of rotatable bonds is 4. The Morgan fingerprint density at radius 1 is 0.941 bits per heavy atom. The van der Waals surface area contributed by atoms with Gasteiger partial charge in [0.05, 0.1) is 0 Å². The van der Waals surface area contributed by atoms with Crippen molar-refractivity contribution < 1.29 is 5.11 Å². The molecule has 0 heterocycles. The van der Waals surface area contributed by atoms with Crippen molar-refractivity contribution in [2.75, 3.05) is 0 Å². The van der Waals surface area contributed by atoms with Gasteiger partial charge < -0.3 is 5.11 Å². The number of para-hydroxylation sites is 1. The first-order valence-corrected chi connectivity index (χ1v) is 6.18. The minimum Gasteiger partial charge on any atom is -0.507 e. The van der Waals surface area contributed by atoms with Gasteiger partial charge in [-0.05, 0) is 30.0 Å². The van der Waals surface area contributed by atoms with Gasteiger partial charge in [-0.1, -0.05) is 55.8 Å². The summed E-state index contributed by atoms with van der Waals surface area (Å²) >= 11 is 0. The van der Waals surface area contributed by atoms with Gasteiger partial charge in [0.15, 0.2) is 0 Å². The first-order valence-electron chi connectivity index (χ1n) is 6.18. The Hall–Kier alpha value is -1.76. The second-order valence-corrected chi connectivity index (χ2v) is 4.32. The fourth-order valence-electron chi connectivity index (χ4n) is 1.95. The SMILES string of the molecule is CCCCc1ccc(-c2ccccc2O)cc1. The van der Waals surface area contributed by atoms with Gasteiger partial charge in [-0.2, -0.15) is 0 Å². The molecule has 88 valence electrons. The van der Waals surface area contributed by atoms with Gasteiger partial charge in [0.1, 0.15) is 5.75 Å². The van der Waals surface area contributed by atoms with E-state index in [9.17, 15) is 5.11 Å². The number of phenols is 1. The maximum atomic E-state index is 9.77. The van der Waals surface area contributed by atoms with E-state index in [0.29, 0.717) is 5.75 Å². The van der Waals surface area contributed by atoms with E-state index in [0.717, 1.165) is 17.5 Å². The third-order valence-corrected chi connectivity index (χ3v) is 2.99. The van der Waals surface area contributed by atoms with Crippen LogP contribution in [0.4, 0.5) is 0 Å². The van der Waals surface area contributed by atoms with Gasteiger partial charge >= 0.3 is 0 Å². The molecule has 2 rings (SSSR count). The molecular weight excluding hydrogens is 208 g/mol. The summed E-state index contributed by atoms with van der Waals surface area (Å²) in [7, 11) is 0. The minimum absolute atomic E-state index is 0.341. The average molecular weight is 226 g/mol. The van der Waals surface area contributed by atoms with E-state index >= 15 is 0 Å². The summed E-state index contributed by atoms with van der Waals surface area (Å²) in [5, 5.41) is 9.77. The molecule has 0 aliphatic heterocycles. The van der Waals surface area contributed by atoms with E-state index in [1.807, 2.05) is 18.2 Å². The molecule has 0 spiro atoms. The summed E-state index contributed by atoms with van der Waals surface area (Å²) in [6.07, 6.45) is 3.59. The molecule has 1 heteroatoms. The Balaban J connectivity index is 2.21. The van der Waals surface area contributed by atoms with Crippen molar-refractivity contribution in [2.24, 2.45) is 0 Å². The van der Waals surface area contributed by atoms with Crippen LogP contribution >= 0.6 is 0 Å². The van der Waals surface area contributed by atoms with Gasteiger partial charge in [0, 0.05) is 5.56 Å². The van der Waals surface area contributed by atoms with E-state index in [2.05, 4.69) is 31.2 Å². The fourth-order valence-corrected chi connectivity index (χ4v) is 1.95. The molecular formula is C16H18O. The predicted octanol–water partition coefficient (Wildman–Crippen LogP) is 4.40. The number of hydrogen-bond donors (Lipinski definition) is 1. The van der Waals surface area contributed by atoms with Crippen molar-refractivity contribution in [2.45, 2.75) is 26.2 Å². The molecule has 1 nitrogen and oxygen atoms in total. The van der Waals surface area contributed by atoms with Crippen molar-refractivity contribution in [1.29, 1.82) is 0 Å². The van der Waals surface area contributed by atoms with Crippen molar-refractivity contribution in [3.63, 3.8) is 0 Å². The molecule has 0 atom stereocenters. The Labute approximate surface area is 103 Å². The van der Waals surface area contributed by atoms with Gasteiger partial charge in [-0.15, -0.1) is 0 Å². The summed E-state index contributed by atoms with van der Waals surface area (Å²) < 4.78 is 0. The van der Waals surface area contributed by atoms with E-state index in [1.165, 1.54) is 18.4 Å². The molecule has 0 aliphatic carbocycles. The number of aryl methyl sites for hydroxylation is 1. The standard InChI is InChI=1S/C16H18O/c1-2-3-6-13-9-11-14(12-10-13)15-7-4-5-8-16(15)17/h4-5,7-12,17H,2-3,6H2,1H3. The van der Waals surface area contributed by atoms with Crippen molar-refractivity contribution in [3.8, 4) is 16.9 Å². The second-order valence-electron chi connectivity index (χ2n) is 4.32. The number of benzene rings is 2. The topological polar surface area (TPSA) is 20.2 Å². The van der Waals surface area contributed by atoms with Crippen LogP contribution in [0.25, 0.3) is 11.1 Å². The van der Waals surface area contributed by atoms with Crippen LogP contribution in [0.5, 0.6) is 5.75 Å². The molecule has 2 aromatic rings. The van der Waals surface area contributed by atoms with Gasteiger partial charge in [0.2, 0.25) is 0 Å². The Morgan fingerprint density at radius 2 is 1.65 bits per heavy atom. The third kappa shape index (κ3) is 2.88. The molecule has 0 amide bonds. The quantitative estimate of drug-likeness (QED) is 0.819. The lowest BCUT2D eigenvalue weighted by atomic mass is 10.0. The van der Waals surface area contributed by atoms with E-state index in [1.54, 1.807) is 6.07 Å². The lowest BCUT2D eigenvalue weighted by Crippen LogP contribution is -1.85. The van der Waals surface area contributed by atoms with Gasteiger partial charge in [0.25, 0.3) is 0 Å². The Bertz CT molecular complexity index is 471. The van der Waals surface area contributed by atoms with Crippen molar-refractivity contribution in [3.05, 3.63) is 54.1 Å². The van der Waals surface area contributed by atoms with E-state index < -0.39 is 0 Å². The van der Waals surface area contributed by atoms with E-state index in [4.69, 9.17) is 0 Å². The number of hydrogen-bond acceptors (Lipinski definition) is 1. The summed E-state index contributed by atoms with van der Waals surface area (Å²) in [6.45, 7) is 2.20. The zero-order chi connectivity index (χ0) is 12.1. The number of phenolic OH excluding ortho intramolecular Hbond substituents is 1. The lowest BCUT2D eigenvalue weighted by molar-refractivity contribution is 0.477. The highest BCUT2D eigenvalue weighted by molar-refractivity contribution is 5.69. The molecule has 0 aliphatic rings. The smallest absolute Gasteiger partial charge is 0.123 e. The first kappa shape index (κ1) is 11.7. The molecule has 17 heavy (non-hydrogen) atoms. The van der Waals surface area contributed by atoms with E-state index in [-0.39, 0.29) is 0 Å². The Kier molecular flexibility index (Phi) is 3.81. The summed E-state index contributed by atoms with van der Waals surface area (Å²) in [5.41, 5.74) is 3.34. The maximum Gasteiger partial charge on any atom is 0.123 e. The first-order chi connectivity index (χ1) is 8.31. The molecule has 0 saturated carbocycles. The molecule has 2 aromatic carbocycles. The van der Waals surface area contributed by atoms with Crippen molar-refractivity contribution in [1.82, 2.24) is 0 Å². The Morgan fingerprint density at radius 3 is 2.29 bits per heavy atom. The van der Waals surface area contributed by atoms with Crippen LogP contribution in [0, 0.1) is 0 Å². The molecule has 0 unspecified atom stereocenters. The molecule has 0 radical (unpaired) electrons. The molecule has 0 aromatic heterocycles. The van der Waals surface area contributed by atoms with Crippen LogP contribution in [-0.2, 0) is 6.42 Å². The van der Waals surface area contributed by atoms with Crippen LogP contribution < -0.4 is 0 Å². The molecule has 0 saturated heterocycles. The second kappa shape index (κ2) is 5.53. The average Bonchev–Trinajstić information content (AvgIpc) is 2.38. The maximum absolute atomic E-state index is 9.77. The van der Waals surface area contributed by atoms with Crippen molar-refractivity contribution >= 4 is 0 Å². The normalized spacial score (nSPS) is 10.4. The molecule has 0 bridgehead atoms. The molecule has 0 fully saturated rings. The fraction of sp³-hybridized carbons (Fsp3) is 0.250. The van der Waals surface area contributed by atoms with Crippen LogP contribution in [0.2, 0.25) is 0 Å².